The van der Waals surface area contributed by atoms with Crippen LogP contribution in [0.25, 0.3) is 53.7 Å². The quantitative estimate of drug-likeness (QED) is 0.246. The van der Waals surface area contributed by atoms with Crippen molar-refractivity contribution in [2.75, 3.05) is 0 Å². The number of rotatable bonds is 4. The molecule has 0 aliphatic rings. The molecule has 6 rings (SSSR count). The molecule has 6 aromatic rings. The Kier molecular flexibility index (Phi) is 5.49. The van der Waals surface area contributed by atoms with Crippen molar-refractivity contribution in [2.24, 2.45) is 5.92 Å². The van der Waals surface area contributed by atoms with Crippen molar-refractivity contribution >= 4 is 43.2 Å². The second-order valence-electron chi connectivity index (χ2n) is 11.3. The van der Waals surface area contributed by atoms with E-state index in [0.717, 1.165) is 33.7 Å². The topological polar surface area (TPSA) is 26.0 Å². The standard InChI is InChI=1S/C33H31NOS/c1-20(2)14-21-10-11-23-18-29(35-28(23)15-21)30-19-24-12-13-34-31(32(24)36-30)25-16-22-8-6-7-9-26(22)27(17-25)33(3,4)5/h6-13,15-20H,14H2,1-5H3. The molecule has 0 unspecified atom stereocenters. The molecule has 3 aromatic heterocycles. The van der Waals surface area contributed by atoms with Crippen molar-refractivity contribution < 1.29 is 4.42 Å². The third-order valence-electron chi connectivity index (χ3n) is 6.85. The van der Waals surface area contributed by atoms with Gasteiger partial charge in [0.25, 0.3) is 0 Å². The summed E-state index contributed by atoms with van der Waals surface area (Å²) in [6, 6.07) is 26.4. The van der Waals surface area contributed by atoms with Crippen LogP contribution in [0.15, 0.2) is 83.4 Å². The molecule has 0 saturated carbocycles. The Labute approximate surface area is 216 Å². The molecule has 0 bridgehead atoms. The monoisotopic (exact) mass is 489 g/mol. The van der Waals surface area contributed by atoms with E-state index in [0.29, 0.717) is 5.92 Å². The summed E-state index contributed by atoms with van der Waals surface area (Å²) >= 11 is 1.76. The Morgan fingerprint density at radius 2 is 1.69 bits per heavy atom. The van der Waals surface area contributed by atoms with Gasteiger partial charge >= 0.3 is 0 Å². The maximum absolute atomic E-state index is 6.36. The van der Waals surface area contributed by atoms with E-state index in [9.17, 15) is 0 Å². The van der Waals surface area contributed by atoms with E-state index in [1.54, 1.807) is 11.3 Å². The average Bonchev–Trinajstić information content (AvgIpc) is 3.46. The molecule has 3 heteroatoms. The van der Waals surface area contributed by atoms with E-state index in [1.807, 2.05) is 6.20 Å². The van der Waals surface area contributed by atoms with Crippen LogP contribution in [0, 0.1) is 5.92 Å². The Morgan fingerprint density at radius 1 is 0.861 bits per heavy atom. The summed E-state index contributed by atoms with van der Waals surface area (Å²) in [6.45, 7) is 11.3. The van der Waals surface area contributed by atoms with Crippen LogP contribution in [0.1, 0.15) is 45.7 Å². The van der Waals surface area contributed by atoms with Crippen molar-refractivity contribution in [3.8, 4) is 21.9 Å². The van der Waals surface area contributed by atoms with Crippen LogP contribution in [0.2, 0.25) is 0 Å². The Hall–Kier alpha value is -3.43. The molecule has 2 nitrogen and oxygen atoms in total. The van der Waals surface area contributed by atoms with Crippen molar-refractivity contribution in [1.29, 1.82) is 0 Å². The molecule has 0 fully saturated rings. The molecule has 0 saturated heterocycles. The molecular weight excluding hydrogens is 458 g/mol. The second kappa shape index (κ2) is 8.60. The first-order valence-electron chi connectivity index (χ1n) is 12.7. The maximum Gasteiger partial charge on any atom is 0.145 e. The van der Waals surface area contributed by atoms with Gasteiger partial charge < -0.3 is 4.42 Å². The zero-order chi connectivity index (χ0) is 25.0. The Bertz CT molecular complexity index is 1730. The summed E-state index contributed by atoms with van der Waals surface area (Å²) in [4.78, 5) is 6.01. The van der Waals surface area contributed by atoms with Gasteiger partial charge in [0.2, 0.25) is 0 Å². The molecule has 3 aromatic carbocycles. The summed E-state index contributed by atoms with van der Waals surface area (Å²) in [5, 5.41) is 4.92. The summed E-state index contributed by atoms with van der Waals surface area (Å²) < 4.78 is 7.56. The number of thiophene rings is 1. The largest absolute Gasteiger partial charge is 0.455 e. The Balaban J connectivity index is 1.48. The molecule has 0 aliphatic carbocycles. The lowest BCUT2D eigenvalue weighted by Crippen LogP contribution is -2.12. The molecule has 0 atom stereocenters. The summed E-state index contributed by atoms with van der Waals surface area (Å²) in [6.07, 6.45) is 2.99. The second-order valence-corrected chi connectivity index (χ2v) is 12.3. The van der Waals surface area contributed by atoms with Gasteiger partial charge in [-0.05, 0) is 81.4 Å². The van der Waals surface area contributed by atoms with E-state index in [2.05, 4.69) is 107 Å². The number of nitrogens with zero attached hydrogens (tertiary/aromatic N) is 1. The highest BCUT2D eigenvalue weighted by Crippen LogP contribution is 2.42. The predicted molar refractivity (Wildman–Crippen MR) is 155 cm³/mol. The lowest BCUT2D eigenvalue weighted by Gasteiger charge is -2.22. The summed E-state index contributed by atoms with van der Waals surface area (Å²) in [7, 11) is 0. The average molecular weight is 490 g/mol. The first kappa shape index (κ1) is 23.0. The number of hydrogen-bond donors (Lipinski definition) is 0. The van der Waals surface area contributed by atoms with Crippen LogP contribution in [-0.4, -0.2) is 4.98 Å². The summed E-state index contributed by atoms with van der Waals surface area (Å²) in [5.41, 5.74) is 5.87. The number of aromatic nitrogens is 1. The van der Waals surface area contributed by atoms with E-state index < -0.39 is 0 Å². The van der Waals surface area contributed by atoms with Crippen molar-refractivity contribution in [2.45, 2.75) is 46.5 Å². The number of pyridine rings is 1. The minimum atomic E-state index is 0.0345. The molecule has 180 valence electrons. The minimum absolute atomic E-state index is 0.0345. The smallest absolute Gasteiger partial charge is 0.145 e. The van der Waals surface area contributed by atoms with Crippen LogP contribution in [-0.2, 0) is 11.8 Å². The van der Waals surface area contributed by atoms with Crippen LogP contribution in [0.5, 0.6) is 0 Å². The van der Waals surface area contributed by atoms with Crippen LogP contribution < -0.4 is 0 Å². The van der Waals surface area contributed by atoms with Gasteiger partial charge in [0.15, 0.2) is 0 Å². The third kappa shape index (κ3) is 4.12. The molecule has 0 aliphatic heterocycles. The van der Waals surface area contributed by atoms with E-state index >= 15 is 0 Å². The van der Waals surface area contributed by atoms with Crippen LogP contribution in [0.4, 0.5) is 0 Å². The highest BCUT2D eigenvalue weighted by atomic mass is 32.1. The molecule has 36 heavy (non-hydrogen) atoms. The number of fused-ring (bicyclic) bond motifs is 3. The fourth-order valence-electron chi connectivity index (χ4n) is 5.15. The van der Waals surface area contributed by atoms with Gasteiger partial charge in [-0.3, -0.25) is 4.98 Å². The number of furan rings is 1. The molecule has 3 heterocycles. The van der Waals surface area contributed by atoms with Gasteiger partial charge in [0.05, 0.1) is 15.3 Å². The molecule has 0 N–H and O–H groups in total. The van der Waals surface area contributed by atoms with Crippen molar-refractivity contribution in [3.05, 3.63) is 90.1 Å². The van der Waals surface area contributed by atoms with Gasteiger partial charge in [-0.15, -0.1) is 11.3 Å². The third-order valence-corrected chi connectivity index (χ3v) is 8.02. The van der Waals surface area contributed by atoms with E-state index in [4.69, 9.17) is 9.40 Å². The Morgan fingerprint density at radius 3 is 2.50 bits per heavy atom. The molecule has 0 amide bonds. The van der Waals surface area contributed by atoms with Crippen LogP contribution >= 0.6 is 11.3 Å². The first-order chi connectivity index (χ1) is 17.3. The first-order valence-corrected chi connectivity index (χ1v) is 13.5. The normalized spacial score (nSPS) is 12.4. The lowest BCUT2D eigenvalue weighted by molar-refractivity contribution is 0.596. The highest BCUT2D eigenvalue weighted by Gasteiger charge is 2.20. The van der Waals surface area contributed by atoms with Crippen molar-refractivity contribution in [3.63, 3.8) is 0 Å². The van der Waals surface area contributed by atoms with Gasteiger partial charge in [-0.1, -0.05) is 71.0 Å². The molecular formula is C33H31NOS. The maximum atomic E-state index is 6.36. The lowest BCUT2D eigenvalue weighted by atomic mass is 9.82. The van der Waals surface area contributed by atoms with Gasteiger partial charge in [0, 0.05) is 17.1 Å². The highest BCUT2D eigenvalue weighted by molar-refractivity contribution is 7.22. The summed E-state index contributed by atoms with van der Waals surface area (Å²) in [5.74, 6) is 1.55. The molecule has 0 spiro atoms. The fourth-order valence-corrected chi connectivity index (χ4v) is 6.27. The SMILES string of the molecule is CC(C)Cc1ccc2cc(-c3cc4ccnc(-c5cc(C(C)(C)C)c6ccccc6c5)c4s3)oc2c1. The van der Waals surface area contributed by atoms with Gasteiger partial charge in [0.1, 0.15) is 11.3 Å². The van der Waals surface area contributed by atoms with Crippen molar-refractivity contribution in [1.82, 2.24) is 4.98 Å². The zero-order valence-corrected chi connectivity index (χ0v) is 22.4. The van der Waals surface area contributed by atoms with Gasteiger partial charge in [-0.2, -0.15) is 0 Å². The fraction of sp³-hybridized carbons (Fsp3) is 0.242. The molecule has 0 radical (unpaired) electrons. The zero-order valence-electron chi connectivity index (χ0n) is 21.6. The number of benzene rings is 3. The predicted octanol–water partition coefficient (Wildman–Crippen LogP) is 10.0. The number of hydrogen-bond acceptors (Lipinski definition) is 3. The van der Waals surface area contributed by atoms with E-state index in [-0.39, 0.29) is 5.41 Å². The van der Waals surface area contributed by atoms with E-state index in [1.165, 1.54) is 37.5 Å². The minimum Gasteiger partial charge on any atom is -0.455 e. The van der Waals surface area contributed by atoms with Crippen LogP contribution in [0.3, 0.4) is 0 Å². The van der Waals surface area contributed by atoms with Gasteiger partial charge in [-0.25, -0.2) is 0 Å².